The monoisotopic (exact) mass is 879 g/mol. The molecule has 11 atom stereocenters. The van der Waals surface area contributed by atoms with Crippen molar-refractivity contribution in [1.82, 2.24) is 0 Å². The minimum absolute atomic E-state index is 0.0699. The van der Waals surface area contributed by atoms with Gasteiger partial charge in [-0.1, -0.05) is 174 Å². The van der Waals surface area contributed by atoms with Crippen molar-refractivity contribution in [3.05, 3.63) is 0 Å². The molecule has 2 rings (SSSR count). The van der Waals surface area contributed by atoms with Gasteiger partial charge in [0.25, 0.3) is 0 Å². The molecule has 11 unspecified atom stereocenters. The standard InChI is InChI=1S/C47H90O14/c1-3-5-7-9-11-13-15-17-18-19-21-23-25-27-29-31-56-33-36(59-39(49)30-28-26-24-22-20-16-14-12-10-8-6-4-2)34-57-46-45(55)43(53)41(51)38(61-46)35-58-47-44(54)42(52)40(50)37(32-48)60-47/h36-38,40-48,50-55H,3-35H2,1-2H3. The summed E-state index contributed by atoms with van der Waals surface area (Å²) in [4.78, 5) is 12.9. The lowest BCUT2D eigenvalue weighted by Crippen LogP contribution is -2.61. The van der Waals surface area contributed by atoms with Crippen molar-refractivity contribution >= 4 is 5.97 Å². The second kappa shape index (κ2) is 36.2. The number of ether oxygens (including phenoxy) is 6. The minimum atomic E-state index is -1.70. The zero-order valence-corrected chi connectivity index (χ0v) is 38.2. The highest BCUT2D eigenvalue weighted by Gasteiger charge is 2.47. The molecule has 61 heavy (non-hydrogen) atoms. The molecule has 0 bridgehead atoms. The Labute approximate surface area is 368 Å². The molecule has 0 amide bonds. The van der Waals surface area contributed by atoms with Gasteiger partial charge in [0.1, 0.15) is 54.9 Å². The number of esters is 1. The van der Waals surface area contributed by atoms with E-state index in [1.165, 1.54) is 128 Å². The summed E-state index contributed by atoms with van der Waals surface area (Å²) >= 11 is 0. The fraction of sp³-hybridized carbons (Fsp3) is 0.979. The second-order valence-electron chi connectivity index (χ2n) is 17.7. The maximum atomic E-state index is 12.9. The van der Waals surface area contributed by atoms with Crippen molar-refractivity contribution in [2.45, 2.75) is 261 Å². The third-order valence-electron chi connectivity index (χ3n) is 12.1. The van der Waals surface area contributed by atoms with E-state index >= 15 is 0 Å². The van der Waals surface area contributed by atoms with Gasteiger partial charge in [-0.05, 0) is 12.8 Å². The average Bonchev–Trinajstić information content (AvgIpc) is 3.25. The largest absolute Gasteiger partial charge is 0.457 e. The van der Waals surface area contributed by atoms with Crippen LogP contribution in [0.2, 0.25) is 0 Å². The van der Waals surface area contributed by atoms with Gasteiger partial charge in [-0.2, -0.15) is 0 Å². The van der Waals surface area contributed by atoms with Crippen LogP contribution in [0.3, 0.4) is 0 Å². The first-order chi connectivity index (χ1) is 29.6. The first-order valence-corrected chi connectivity index (χ1v) is 24.6. The van der Waals surface area contributed by atoms with Gasteiger partial charge in [-0.25, -0.2) is 0 Å². The normalized spacial score (nSPS) is 27.4. The summed E-state index contributed by atoms with van der Waals surface area (Å²) in [7, 11) is 0. The number of carbonyl (C=O) groups excluding carboxylic acids is 1. The van der Waals surface area contributed by atoms with Crippen LogP contribution in [0.5, 0.6) is 0 Å². The van der Waals surface area contributed by atoms with E-state index < -0.39 is 80.7 Å². The van der Waals surface area contributed by atoms with Crippen molar-refractivity contribution < 1.29 is 69.0 Å². The minimum Gasteiger partial charge on any atom is -0.457 e. The Kier molecular flexibility index (Phi) is 33.3. The zero-order chi connectivity index (χ0) is 44.5. The molecule has 362 valence electrons. The van der Waals surface area contributed by atoms with E-state index in [1.54, 1.807) is 0 Å². The van der Waals surface area contributed by atoms with Crippen LogP contribution in [0.25, 0.3) is 0 Å². The van der Waals surface area contributed by atoms with Gasteiger partial charge in [-0.15, -0.1) is 0 Å². The summed E-state index contributed by atoms with van der Waals surface area (Å²) in [5.74, 6) is -0.373. The maximum Gasteiger partial charge on any atom is 0.306 e. The Morgan fingerprint density at radius 2 is 0.869 bits per heavy atom. The molecule has 2 aliphatic rings. The third-order valence-corrected chi connectivity index (χ3v) is 12.1. The zero-order valence-electron chi connectivity index (χ0n) is 38.2. The predicted octanol–water partition coefficient (Wildman–Crippen LogP) is 6.52. The molecule has 2 saturated heterocycles. The van der Waals surface area contributed by atoms with Crippen LogP contribution in [0.15, 0.2) is 0 Å². The summed E-state index contributed by atoms with van der Waals surface area (Å²) < 4.78 is 34.2. The van der Waals surface area contributed by atoms with Crippen LogP contribution in [0.1, 0.15) is 194 Å². The molecule has 0 aliphatic carbocycles. The Hall–Kier alpha value is -1.01. The number of carbonyl (C=O) groups is 1. The Morgan fingerprint density at radius 1 is 0.475 bits per heavy atom. The van der Waals surface area contributed by atoms with E-state index in [-0.39, 0.29) is 25.6 Å². The Balaban J connectivity index is 1.78. The first kappa shape index (κ1) is 56.1. The van der Waals surface area contributed by atoms with E-state index in [9.17, 15) is 40.5 Å². The quantitative estimate of drug-likeness (QED) is 0.0259. The van der Waals surface area contributed by atoms with E-state index in [0.29, 0.717) is 13.0 Å². The number of unbranched alkanes of at least 4 members (excludes halogenated alkanes) is 25. The van der Waals surface area contributed by atoms with Crippen LogP contribution < -0.4 is 0 Å². The Morgan fingerprint density at radius 3 is 1.33 bits per heavy atom. The molecule has 2 fully saturated rings. The lowest BCUT2D eigenvalue weighted by Gasteiger charge is -2.42. The summed E-state index contributed by atoms with van der Waals surface area (Å²) in [6.07, 6.45) is 17.4. The molecule has 0 saturated carbocycles. The molecule has 2 aliphatic heterocycles. The SMILES string of the molecule is CCCCCCCCCCCCCCCCCOCC(COC1OC(COC2OC(CO)C(O)C(O)C2O)C(O)C(O)C1O)OC(=O)CCCCCCCCCCCCCC. The van der Waals surface area contributed by atoms with Crippen LogP contribution in [-0.4, -0.2) is 142 Å². The summed E-state index contributed by atoms with van der Waals surface area (Å²) in [6.45, 7) is 3.71. The van der Waals surface area contributed by atoms with E-state index in [2.05, 4.69) is 13.8 Å². The van der Waals surface area contributed by atoms with E-state index in [1.807, 2.05) is 0 Å². The van der Waals surface area contributed by atoms with Gasteiger partial charge >= 0.3 is 5.97 Å². The molecular formula is C47H90O14. The Bertz CT molecular complexity index is 1020. The summed E-state index contributed by atoms with van der Waals surface area (Å²) in [5, 5.41) is 72.0. The number of rotatable bonds is 39. The van der Waals surface area contributed by atoms with Crippen LogP contribution in [0.4, 0.5) is 0 Å². The van der Waals surface area contributed by atoms with Gasteiger partial charge in [0, 0.05) is 13.0 Å². The summed E-state index contributed by atoms with van der Waals surface area (Å²) in [6, 6.07) is 0. The lowest BCUT2D eigenvalue weighted by molar-refractivity contribution is -0.332. The van der Waals surface area contributed by atoms with Gasteiger partial charge in [0.15, 0.2) is 12.6 Å². The number of hydrogen-bond donors (Lipinski definition) is 7. The van der Waals surface area contributed by atoms with Crippen LogP contribution >= 0.6 is 0 Å². The highest BCUT2D eigenvalue weighted by Crippen LogP contribution is 2.26. The van der Waals surface area contributed by atoms with Crippen molar-refractivity contribution in [3.63, 3.8) is 0 Å². The second-order valence-corrected chi connectivity index (χ2v) is 17.7. The first-order valence-electron chi connectivity index (χ1n) is 24.6. The van der Waals surface area contributed by atoms with Crippen LogP contribution in [0, 0.1) is 0 Å². The summed E-state index contributed by atoms with van der Waals surface area (Å²) in [5.41, 5.74) is 0. The highest BCUT2D eigenvalue weighted by molar-refractivity contribution is 5.69. The smallest absolute Gasteiger partial charge is 0.306 e. The average molecular weight is 879 g/mol. The molecule has 0 aromatic rings. The predicted molar refractivity (Wildman–Crippen MR) is 234 cm³/mol. The number of aliphatic hydroxyl groups excluding tert-OH is 7. The van der Waals surface area contributed by atoms with Gasteiger partial charge in [0.2, 0.25) is 0 Å². The molecular weight excluding hydrogens is 789 g/mol. The van der Waals surface area contributed by atoms with Crippen molar-refractivity contribution in [1.29, 1.82) is 0 Å². The van der Waals surface area contributed by atoms with Crippen molar-refractivity contribution in [2.24, 2.45) is 0 Å². The highest BCUT2D eigenvalue weighted by atomic mass is 16.7. The van der Waals surface area contributed by atoms with Gasteiger partial charge in [-0.3, -0.25) is 4.79 Å². The van der Waals surface area contributed by atoms with Crippen molar-refractivity contribution in [2.75, 3.05) is 33.0 Å². The van der Waals surface area contributed by atoms with E-state index in [0.717, 1.165) is 38.5 Å². The van der Waals surface area contributed by atoms with Gasteiger partial charge < -0.3 is 64.2 Å². The molecule has 7 N–H and O–H groups in total. The fourth-order valence-electron chi connectivity index (χ4n) is 8.05. The molecule has 14 heteroatoms. The maximum absolute atomic E-state index is 12.9. The van der Waals surface area contributed by atoms with Gasteiger partial charge in [0.05, 0.1) is 26.4 Å². The molecule has 14 nitrogen and oxygen atoms in total. The lowest BCUT2D eigenvalue weighted by atomic mass is 9.98. The number of hydrogen-bond acceptors (Lipinski definition) is 14. The molecule has 2 heterocycles. The van der Waals surface area contributed by atoms with Crippen molar-refractivity contribution in [3.8, 4) is 0 Å². The number of aliphatic hydroxyl groups is 7. The van der Waals surface area contributed by atoms with Crippen LogP contribution in [-0.2, 0) is 33.2 Å². The fourth-order valence-corrected chi connectivity index (χ4v) is 8.05. The molecule has 0 radical (unpaired) electrons. The molecule has 0 spiro atoms. The third kappa shape index (κ3) is 24.7. The molecule has 0 aromatic carbocycles. The molecule has 0 aromatic heterocycles. The topological polar surface area (TPSA) is 214 Å². The van der Waals surface area contributed by atoms with E-state index in [4.69, 9.17) is 28.4 Å².